The number of nitrogens with one attached hydrogen (secondary N) is 1. The molecule has 0 unspecified atom stereocenters. The maximum Gasteiger partial charge on any atom is 0.243 e. The lowest BCUT2D eigenvalue weighted by atomic mass is 9.70. The highest BCUT2D eigenvalue weighted by Gasteiger charge is 2.31. The van der Waals surface area contributed by atoms with Gasteiger partial charge in [-0.15, -0.1) is 0 Å². The number of nitrogens with zero attached hydrogens (tertiary/aromatic N) is 1. The fourth-order valence-electron chi connectivity index (χ4n) is 3.36. The summed E-state index contributed by atoms with van der Waals surface area (Å²) in [6.07, 6.45) is 11.3. The first kappa shape index (κ1) is 11.2. The Morgan fingerprint density at radius 2 is 1.82 bits per heavy atom. The average molecular weight is 234 g/mol. The molecule has 3 fully saturated rings. The van der Waals surface area contributed by atoms with Gasteiger partial charge in [-0.3, -0.25) is 4.79 Å². The topological polar surface area (TPSA) is 41.5 Å². The molecule has 3 heteroatoms. The zero-order valence-electron chi connectivity index (χ0n) is 10.5. The molecule has 2 atom stereocenters. The largest absolute Gasteiger partial charge is 0.273 e. The molecule has 3 nitrogen and oxygen atoms in total. The third kappa shape index (κ3) is 2.70. The van der Waals surface area contributed by atoms with Crippen LogP contribution in [0.25, 0.3) is 0 Å². The van der Waals surface area contributed by atoms with Crippen molar-refractivity contribution in [1.29, 1.82) is 0 Å². The number of carbonyl (C=O) groups excluding carboxylic acids is 1. The van der Waals surface area contributed by atoms with Crippen molar-refractivity contribution in [3.05, 3.63) is 0 Å². The number of carbonyl (C=O) groups is 1. The van der Waals surface area contributed by atoms with Crippen LogP contribution in [-0.4, -0.2) is 11.6 Å². The second kappa shape index (κ2) is 4.79. The lowest BCUT2D eigenvalue weighted by Crippen LogP contribution is -2.30. The molecule has 0 radical (unpaired) electrons. The third-order valence-corrected chi connectivity index (χ3v) is 4.64. The molecule has 0 aromatic heterocycles. The van der Waals surface area contributed by atoms with Gasteiger partial charge in [0.25, 0.3) is 0 Å². The lowest BCUT2D eigenvalue weighted by molar-refractivity contribution is -0.122. The summed E-state index contributed by atoms with van der Waals surface area (Å²) in [6, 6.07) is 0. The van der Waals surface area contributed by atoms with Gasteiger partial charge in [0.15, 0.2) is 0 Å². The molecule has 0 aromatic rings. The summed E-state index contributed by atoms with van der Waals surface area (Å²) < 4.78 is 0. The molecule has 0 aliphatic heterocycles. The van der Waals surface area contributed by atoms with E-state index in [4.69, 9.17) is 0 Å². The minimum atomic E-state index is 0.142. The molecule has 1 amide bonds. The van der Waals surface area contributed by atoms with Crippen LogP contribution < -0.4 is 5.43 Å². The Morgan fingerprint density at radius 1 is 1.06 bits per heavy atom. The summed E-state index contributed by atoms with van der Waals surface area (Å²) in [5, 5.41) is 4.35. The van der Waals surface area contributed by atoms with E-state index in [1.807, 2.05) is 0 Å². The van der Waals surface area contributed by atoms with E-state index >= 15 is 0 Å². The second-order valence-corrected chi connectivity index (χ2v) is 5.98. The molecule has 17 heavy (non-hydrogen) atoms. The second-order valence-electron chi connectivity index (χ2n) is 5.98. The van der Waals surface area contributed by atoms with Crippen LogP contribution in [0.3, 0.4) is 0 Å². The van der Waals surface area contributed by atoms with Gasteiger partial charge in [-0.05, 0) is 50.4 Å². The van der Waals surface area contributed by atoms with Crippen LogP contribution in [0.2, 0.25) is 0 Å². The van der Waals surface area contributed by atoms with Crippen LogP contribution in [0.5, 0.6) is 0 Å². The van der Waals surface area contributed by atoms with Crippen LogP contribution in [0.1, 0.15) is 57.8 Å². The highest BCUT2D eigenvalue weighted by atomic mass is 16.2. The summed E-state index contributed by atoms with van der Waals surface area (Å²) in [4.78, 5) is 11.5. The molecule has 3 aliphatic rings. The van der Waals surface area contributed by atoms with Crippen LogP contribution in [-0.2, 0) is 4.79 Å². The number of amides is 1. The maximum atomic E-state index is 11.5. The first-order chi connectivity index (χ1) is 8.33. The average Bonchev–Trinajstić information content (AvgIpc) is 3.20. The Balaban J connectivity index is 1.53. The van der Waals surface area contributed by atoms with Gasteiger partial charge in [-0.25, -0.2) is 5.43 Å². The fourth-order valence-corrected chi connectivity index (χ4v) is 3.36. The molecule has 94 valence electrons. The van der Waals surface area contributed by atoms with Gasteiger partial charge >= 0.3 is 0 Å². The number of hydrogen-bond acceptors (Lipinski definition) is 2. The Morgan fingerprint density at radius 3 is 2.59 bits per heavy atom. The number of hydrogen-bond donors (Lipinski definition) is 1. The monoisotopic (exact) mass is 234 g/mol. The number of fused-ring (bicyclic) bond motifs is 1. The van der Waals surface area contributed by atoms with E-state index < -0.39 is 0 Å². The summed E-state index contributed by atoms with van der Waals surface area (Å²) in [5.41, 5.74) is 4.00. The van der Waals surface area contributed by atoms with E-state index in [2.05, 4.69) is 10.5 Å². The van der Waals surface area contributed by atoms with Crippen molar-refractivity contribution in [2.75, 3.05) is 0 Å². The van der Waals surface area contributed by atoms with E-state index in [1.165, 1.54) is 37.8 Å². The van der Waals surface area contributed by atoms with E-state index in [0.717, 1.165) is 37.5 Å². The molecule has 3 saturated carbocycles. The van der Waals surface area contributed by atoms with Crippen molar-refractivity contribution in [1.82, 2.24) is 5.43 Å². The van der Waals surface area contributed by atoms with Crippen molar-refractivity contribution in [3.8, 4) is 0 Å². The van der Waals surface area contributed by atoms with Gasteiger partial charge in [0.2, 0.25) is 5.91 Å². The van der Waals surface area contributed by atoms with Gasteiger partial charge in [0.05, 0.1) is 0 Å². The molecule has 0 bridgehead atoms. The molecule has 0 heterocycles. The number of hydrazone groups is 1. The smallest absolute Gasteiger partial charge is 0.243 e. The van der Waals surface area contributed by atoms with Gasteiger partial charge in [0.1, 0.15) is 0 Å². The minimum Gasteiger partial charge on any atom is -0.273 e. The Labute approximate surface area is 103 Å². The van der Waals surface area contributed by atoms with Crippen molar-refractivity contribution in [2.45, 2.75) is 57.8 Å². The highest BCUT2D eigenvalue weighted by molar-refractivity contribution is 5.88. The predicted octanol–water partition coefficient (Wildman–Crippen LogP) is 2.86. The van der Waals surface area contributed by atoms with Crippen molar-refractivity contribution in [3.63, 3.8) is 0 Å². The van der Waals surface area contributed by atoms with Crippen molar-refractivity contribution in [2.24, 2.45) is 22.9 Å². The van der Waals surface area contributed by atoms with Crippen LogP contribution in [0.4, 0.5) is 0 Å². The quantitative estimate of drug-likeness (QED) is 0.733. The molecule has 0 saturated heterocycles. The zero-order chi connectivity index (χ0) is 11.7. The van der Waals surface area contributed by atoms with Crippen molar-refractivity contribution >= 4 is 11.6 Å². The molecule has 3 rings (SSSR count). The minimum absolute atomic E-state index is 0.142. The van der Waals surface area contributed by atoms with E-state index in [1.54, 1.807) is 0 Å². The first-order valence-corrected chi connectivity index (χ1v) is 7.18. The van der Waals surface area contributed by atoms with Gasteiger partial charge in [-0.2, -0.15) is 5.10 Å². The summed E-state index contributed by atoms with van der Waals surface area (Å²) in [6.45, 7) is 0. The Hall–Kier alpha value is -0.860. The lowest BCUT2D eigenvalue weighted by Gasteiger charge is -2.35. The fraction of sp³-hybridized carbons (Fsp3) is 0.857. The van der Waals surface area contributed by atoms with E-state index in [0.29, 0.717) is 0 Å². The molecule has 0 aromatic carbocycles. The molecule has 1 N–H and O–H groups in total. The summed E-state index contributed by atoms with van der Waals surface area (Å²) in [7, 11) is 0. The van der Waals surface area contributed by atoms with Crippen LogP contribution in [0, 0.1) is 17.8 Å². The molecular formula is C14H22N2O. The number of rotatable bonds is 2. The maximum absolute atomic E-state index is 11.5. The third-order valence-electron chi connectivity index (χ3n) is 4.64. The Kier molecular flexibility index (Phi) is 3.17. The summed E-state index contributed by atoms with van der Waals surface area (Å²) >= 11 is 0. The molecule has 3 aliphatic carbocycles. The van der Waals surface area contributed by atoms with Gasteiger partial charge in [0, 0.05) is 11.6 Å². The van der Waals surface area contributed by atoms with Gasteiger partial charge in [-0.1, -0.05) is 19.3 Å². The first-order valence-electron chi connectivity index (χ1n) is 7.18. The van der Waals surface area contributed by atoms with Crippen LogP contribution >= 0.6 is 0 Å². The normalized spacial score (nSPS) is 35.4. The standard InChI is InChI=1S/C14H22N2O/c17-14(11-5-6-11)16-15-13-8-7-10-3-1-2-4-12(10)9-13/h10-12H,1-9H2,(H,16,17)/b15-13+/t10-,12-/m1/s1. The SMILES string of the molecule is O=C(N/N=C1\CC[C@H]2CCCC[C@@H]2C1)C1CC1. The van der Waals surface area contributed by atoms with E-state index in [-0.39, 0.29) is 11.8 Å². The predicted molar refractivity (Wildman–Crippen MR) is 67.6 cm³/mol. The van der Waals surface area contributed by atoms with Gasteiger partial charge < -0.3 is 0 Å². The summed E-state index contributed by atoms with van der Waals surface area (Å²) in [5.74, 6) is 2.21. The molecule has 0 spiro atoms. The van der Waals surface area contributed by atoms with Crippen LogP contribution in [0.15, 0.2) is 5.10 Å². The zero-order valence-corrected chi connectivity index (χ0v) is 10.5. The van der Waals surface area contributed by atoms with Crippen molar-refractivity contribution < 1.29 is 4.79 Å². The Bertz CT molecular complexity index is 333. The molecular weight excluding hydrogens is 212 g/mol. The van der Waals surface area contributed by atoms with E-state index in [9.17, 15) is 4.79 Å². The highest BCUT2D eigenvalue weighted by Crippen LogP contribution is 2.39.